The maximum atomic E-state index is 12.0. The Hall–Kier alpha value is -1.73. The lowest BCUT2D eigenvalue weighted by molar-refractivity contribution is -0.385. The highest BCUT2D eigenvalue weighted by Crippen LogP contribution is 2.23. The minimum atomic E-state index is -0.726. The molecule has 0 N–H and O–H groups in total. The fraction of sp³-hybridized carbons (Fsp3) is 0.500. The molecule has 0 saturated carbocycles. The average Bonchev–Trinajstić information content (AvgIpc) is 2.41. The van der Waals surface area contributed by atoms with Gasteiger partial charge in [0.2, 0.25) is 0 Å². The molecule has 2 rings (SSSR count). The second kappa shape index (κ2) is 6.15. The van der Waals surface area contributed by atoms with Gasteiger partial charge in [-0.2, -0.15) is 0 Å². The molecule has 0 unspecified atom stereocenters. The van der Waals surface area contributed by atoms with Crippen molar-refractivity contribution in [2.24, 2.45) is 0 Å². The number of carbonyl (C=O) groups is 1. The Morgan fingerprint density at radius 1 is 1.55 bits per heavy atom. The number of aromatic nitrogens is 1. The smallest absolute Gasteiger partial charge is 0.345 e. The van der Waals surface area contributed by atoms with Crippen molar-refractivity contribution in [2.75, 3.05) is 20.1 Å². The molecule has 8 heteroatoms. The number of ether oxygens (including phenoxy) is 1. The molecule has 20 heavy (non-hydrogen) atoms. The Labute approximate surface area is 120 Å². The number of halogens is 1. The van der Waals surface area contributed by atoms with Crippen molar-refractivity contribution in [1.82, 2.24) is 9.88 Å². The third-order valence-corrected chi connectivity index (χ3v) is 3.41. The summed E-state index contributed by atoms with van der Waals surface area (Å²) in [4.78, 5) is 28.0. The molecule has 0 bridgehead atoms. The minimum absolute atomic E-state index is 0.0194. The number of likely N-dealkylation sites (tertiary alicyclic amines) is 1. The predicted octanol–water partition coefficient (Wildman–Crippen LogP) is 1.89. The molecule has 1 saturated heterocycles. The molecule has 1 aromatic rings. The van der Waals surface area contributed by atoms with Gasteiger partial charge in [0, 0.05) is 13.1 Å². The van der Waals surface area contributed by atoms with Gasteiger partial charge in [-0.05, 0) is 26.0 Å². The van der Waals surface area contributed by atoms with E-state index in [-0.39, 0.29) is 16.8 Å². The van der Waals surface area contributed by atoms with Crippen LogP contribution in [0.1, 0.15) is 23.2 Å². The number of piperidine rings is 1. The zero-order valence-electron chi connectivity index (χ0n) is 10.9. The van der Waals surface area contributed by atoms with Gasteiger partial charge in [0.15, 0.2) is 0 Å². The number of carbonyl (C=O) groups excluding carboxylic acids is 1. The summed E-state index contributed by atoms with van der Waals surface area (Å²) in [6, 6.07) is 1.16. The number of rotatable bonds is 3. The molecular weight excluding hydrogens is 286 g/mol. The summed E-state index contributed by atoms with van der Waals surface area (Å²) in [5.41, 5.74) is -0.554. The summed E-state index contributed by atoms with van der Waals surface area (Å²) in [6.45, 7) is 1.66. The normalized spacial score (nSPS) is 16.9. The SMILES string of the molecule is CN1CCC(OC(=O)c2cc(Cl)ncc2[N+](=O)[O-])CC1. The van der Waals surface area contributed by atoms with Crippen LogP contribution in [0.3, 0.4) is 0 Å². The van der Waals surface area contributed by atoms with Crippen molar-refractivity contribution in [3.63, 3.8) is 0 Å². The van der Waals surface area contributed by atoms with Crippen LogP contribution in [-0.4, -0.2) is 47.0 Å². The molecule has 1 aliphatic heterocycles. The van der Waals surface area contributed by atoms with Crippen molar-refractivity contribution >= 4 is 23.3 Å². The summed E-state index contributed by atoms with van der Waals surface area (Å²) in [5, 5.41) is 10.9. The van der Waals surface area contributed by atoms with E-state index in [0.717, 1.165) is 38.2 Å². The molecule has 7 nitrogen and oxygen atoms in total. The lowest BCUT2D eigenvalue weighted by Crippen LogP contribution is -2.35. The van der Waals surface area contributed by atoms with Crippen LogP contribution in [0, 0.1) is 10.1 Å². The molecule has 2 heterocycles. The first-order valence-electron chi connectivity index (χ1n) is 6.17. The highest BCUT2D eigenvalue weighted by molar-refractivity contribution is 6.29. The van der Waals surface area contributed by atoms with Crippen LogP contribution >= 0.6 is 11.6 Å². The van der Waals surface area contributed by atoms with Gasteiger partial charge < -0.3 is 9.64 Å². The average molecular weight is 300 g/mol. The van der Waals surface area contributed by atoms with Crippen LogP contribution in [0.25, 0.3) is 0 Å². The number of nitrogens with zero attached hydrogens (tertiary/aromatic N) is 3. The summed E-state index contributed by atoms with van der Waals surface area (Å²) in [7, 11) is 1.99. The molecule has 1 aliphatic rings. The second-order valence-corrected chi connectivity index (χ2v) is 5.08. The van der Waals surface area contributed by atoms with Gasteiger partial charge >= 0.3 is 11.7 Å². The quantitative estimate of drug-likeness (QED) is 0.367. The van der Waals surface area contributed by atoms with Crippen molar-refractivity contribution in [3.8, 4) is 0 Å². The van der Waals surface area contributed by atoms with E-state index < -0.39 is 16.6 Å². The summed E-state index contributed by atoms with van der Waals surface area (Å²) < 4.78 is 5.32. The first-order valence-corrected chi connectivity index (χ1v) is 6.54. The Morgan fingerprint density at radius 2 is 2.20 bits per heavy atom. The van der Waals surface area contributed by atoms with Crippen LogP contribution < -0.4 is 0 Å². The molecule has 0 aromatic carbocycles. The lowest BCUT2D eigenvalue weighted by Gasteiger charge is -2.28. The number of nitro groups is 1. The molecule has 1 aromatic heterocycles. The van der Waals surface area contributed by atoms with Gasteiger partial charge in [0.05, 0.1) is 4.92 Å². The zero-order valence-corrected chi connectivity index (χ0v) is 11.7. The van der Waals surface area contributed by atoms with Crippen molar-refractivity contribution in [3.05, 3.63) is 33.1 Å². The van der Waals surface area contributed by atoms with E-state index in [1.807, 2.05) is 7.05 Å². The van der Waals surface area contributed by atoms with E-state index in [2.05, 4.69) is 9.88 Å². The molecular formula is C12H14ClN3O4. The van der Waals surface area contributed by atoms with Gasteiger partial charge in [-0.3, -0.25) is 10.1 Å². The third kappa shape index (κ3) is 3.43. The van der Waals surface area contributed by atoms with E-state index in [0.29, 0.717) is 0 Å². The third-order valence-electron chi connectivity index (χ3n) is 3.21. The van der Waals surface area contributed by atoms with Crippen LogP contribution in [0.4, 0.5) is 5.69 Å². The largest absolute Gasteiger partial charge is 0.458 e. The standard InChI is InChI=1S/C12H14ClN3O4/c1-15-4-2-8(3-5-15)20-12(17)9-6-11(13)14-7-10(9)16(18)19/h6-8H,2-5H2,1H3. The monoisotopic (exact) mass is 299 g/mol. The number of esters is 1. The first-order chi connectivity index (χ1) is 9.47. The Bertz CT molecular complexity index is 529. The summed E-state index contributed by atoms with van der Waals surface area (Å²) >= 11 is 5.68. The van der Waals surface area contributed by atoms with Gasteiger partial charge in [0.1, 0.15) is 23.0 Å². The van der Waals surface area contributed by atoms with E-state index in [1.54, 1.807) is 0 Å². The molecule has 0 amide bonds. The summed E-state index contributed by atoms with van der Waals surface area (Å²) in [6.07, 6.45) is 2.18. The number of pyridine rings is 1. The minimum Gasteiger partial charge on any atom is -0.458 e. The Kier molecular flexibility index (Phi) is 4.51. The predicted molar refractivity (Wildman–Crippen MR) is 71.8 cm³/mol. The maximum absolute atomic E-state index is 12.0. The highest BCUT2D eigenvalue weighted by atomic mass is 35.5. The fourth-order valence-corrected chi connectivity index (χ4v) is 2.21. The summed E-state index contributed by atoms with van der Waals surface area (Å²) in [5.74, 6) is -0.726. The van der Waals surface area contributed by atoms with Crippen molar-refractivity contribution in [2.45, 2.75) is 18.9 Å². The van der Waals surface area contributed by atoms with E-state index in [1.165, 1.54) is 0 Å². The number of hydrogen-bond donors (Lipinski definition) is 0. The van der Waals surface area contributed by atoms with Gasteiger partial charge in [-0.15, -0.1) is 0 Å². The zero-order chi connectivity index (χ0) is 14.7. The maximum Gasteiger partial charge on any atom is 0.345 e. The molecule has 108 valence electrons. The van der Waals surface area contributed by atoms with E-state index in [9.17, 15) is 14.9 Å². The van der Waals surface area contributed by atoms with E-state index >= 15 is 0 Å². The van der Waals surface area contributed by atoms with Crippen LogP contribution in [0.15, 0.2) is 12.3 Å². The highest BCUT2D eigenvalue weighted by Gasteiger charge is 2.26. The Balaban J connectivity index is 2.12. The second-order valence-electron chi connectivity index (χ2n) is 4.69. The molecule has 0 aliphatic carbocycles. The Morgan fingerprint density at radius 3 is 2.80 bits per heavy atom. The molecule has 0 atom stereocenters. The van der Waals surface area contributed by atoms with Crippen LogP contribution in [0.5, 0.6) is 0 Å². The molecule has 0 radical (unpaired) electrons. The molecule has 1 fully saturated rings. The van der Waals surface area contributed by atoms with Crippen molar-refractivity contribution < 1.29 is 14.5 Å². The van der Waals surface area contributed by atoms with Gasteiger partial charge in [0.25, 0.3) is 0 Å². The van der Waals surface area contributed by atoms with Crippen LogP contribution in [0.2, 0.25) is 5.15 Å². The number of hydrogen-bond acceptors (Lipinski definition) is 6. The van der Waals surface area contributed by atoms with Crippen LogP contribution in [-0.2, 0) is 4.74 Å². The molecule has 0 spiro atoms. The fourth-order valence-electron chi connectivity index (χ4n) is 2.05. The van der Waals surface area contributed by atoms with Crippen molar-refractivity contribution in [1.29, 1.82) is 0 Å². The first kappa shape index (κ1) is 14.7. The lowest BCUT2D eigenvalue weighted by atomic mass is 10.1. The van der Waals surface area contributed by atoms with Gasteiger partial charge in [-0.1, -0.05) is 11.6 Å². The van der Waals surface area contributed by atoms with Gasteiger partial charge in [-0.25, -0.2) is 9.78 Å². The topological polar surface area (TPSA) is 85.6 Å². The van der Waals surface area contributed by atoms with E-state index in [4.69, 9.17) is 16.3 Å².